The highest BCUT2D eigenvalue weighted by Gasteiger charge is 2.13. The average molecular weight is 180 g/mol. The van der Waals surface area contributed by atoms with Crippen LogP contribution in [-0.2, 0) is 4.79 Å². The average Bonchev–Trinajstić information content (AvgIpc) is 2.57. The van der Waals surface area contributed by atoms with Crippen LogP contribution in [0.15, 0.2) is 0 Å². The van der Waals surface area contributed by atoms with Gasteiger partial charge in [0, 0.05) is 6.54 Å². The fourth-order valence-corrected chi connectivity index (χ4v) is 1.51. The first-order chi connectivity index (χ1) is 6.33. The number of carbonyl (C=O) groups is 1. The van der Waals surface area contributed by atoms with Crippen LogP contribution in [-0.4, -0.2) is 25.5 Å². The molecule has 1 rings (SSSR count). The molecule has 0 radical (unpaired) electrons. The van der Waals surface area contributed by atoms with Crippen LogP contribution in [0.4, 0.5) is 0 Å². The van der Waals surface area contributed by atoms with Gasteiger partial charge in [-0.05, 0) is 44.7 Å². The summed E-state index contributed by atoms with van der Waals surface area (Å²) in [6, 6.07) is 0. The first-order valence-electron chi connectivity index (χ1n) is 4.74. The summed E-state index contributed by atoms with van der Waals surface area (Å²) >= 11 is 0. The number of amides is 1. The Morgan fingerprint density at radius 1 is 1.69 bits per heavy atom. The number of hydrogen-bond donors (Lipinski definition) is 2. The largest absolute Gasteiger partial charge is 0.345 e. The normalized spacial score (nSPS) is 20.5. The molecule has 72 valence electrons. The van der Waals surface area contributed by atoms with Gasteiger partial charge >= 0.3 is 0 Å². The van der Waals surface area contributed by atoms with E-state index in [2.05, 4.69) is 22.5 Å². The third-order valence-electron chi connectivity index (χ3n) is 2.24. The van der Waals surface area contributed by atoms with Gasteiger partial charge in [0.25, 0.3) is 5.91 Å². The molecule has 3 heteroatoms. The Kier molecular flexibility index (Phi) is 4.34. The van der Waals surface area contributed by atoms with Gasteiger partial charge in [0.2, 0.25) is 0 Å². The van der Waals surface area contributed by atoms with E-state index in [0.717, 1.165) is 32.0 Å². The van der Waals surface area contributed by atoms with E-state index in [0.29, 0.717) is 0 Å². The van der Waals surface area contributed by atoms with Crippen molar-refractivity contribution in [1.82, 2.24) is 10.6 Å². The zero-order valence-electron chi connectivity index (χ0n) is 8.02. The zero-order chi connectivity index (χ0) is 9.52. The lowest BCUT2D eigenvalue weighted by Crippen LogP contribution is -2.24. The highest BCUT2D eigenvalue weighted by molar-refractivity contribution is 5.93. The Hall–Kier alpha value is -1.01. The van der Waals surface area contributed by atoms with Crippen molar-refractivity contribution in [2.45, 2.75) is 19.8 Å². The van der Waals surface area contributed by atoms with Crippen molar-refractivity contribution in [3.63, 3.8) is 0 Å². The van der Waals surface area contributed by atoms with Gasteiger partial charge in [0.15, 0.2) is 0 Å². The minimum Gasteiger partial charge on any atom is -0.345 e. The van der Waals surface area contributed by atoms with Gasteiger partial charge in [-0.15, -0.1) is 0 Å². The molecule has 2 N–H and O–H groups in total. The topological polar surface area (TPSA) is 41.1 Å². The molecule has 1 aliphatic rings. The SMILES string of the molecule is CC#CC(=O)NCCC1CCNC1. The third-order valence-corrected chi connectivity index (χ3v) is 2.24. The third kappa shape index (κ3) is 3.95. The first kappa shape index (κ1) is 10.1. The van der Waals surface area contributed by atoms with E-state index < -0.39 is 0 Å². The summed E-state index contributed by atoms with van der Waals surface area (Å²) in [4.78, 5) is 10.9. The van der Waals surface area contributed by atoms with E-state index in [9.17, 15) is 4.79 Å². The van der Waals surface area contributed by atoms with Crippen molar-refractivity contribution in [2.24, 2.45) is 5.92 Å². The van der Waals surface area contributed by atoms with Crippen molar-refractivity contribution in [2.75, 3.05) is 19.6 Å². The number of hydrogen-bond acceptors (Lipinski definition) is 2. The summed E-state index contributed by atoms with van der Waals surface area (Å²) in [7, 11) is 0. The smallest absolute Gasteiger partial charge is 0.295 e. The molecule has 1 fully saturated rings. The van der Waals surface area contributed by atoms with Crippen LogP contribution in [0, 0.1) is 17.8 Å². The molecule has 1 atom stereocenters. The van der Waals surface area contributed by atoms with Crippen molar-refractivity contribution < 1.29 is 4.79 Å². The molecule has 0 aromatic carbocycles. The van der Waals surface area contributed by atoms with Gasteiger partial charge in [-0.25, -0.2) is 0 Å². The monoisotopic (exact) mass is 180 g/mol. The van der Waals surface area contributed by atoms with Crippen LogP contribution in [0.3, 0.4) is 0 Å². The maximum Gasteiger partial charge on any atom is 0.295 e. The van der Waals surface area contributed by atoms with E-state index >= 15 is 0 Å². The molecular formula is C10H16N2O. The lowest BCUT2D eigenvalue weighted by atomic mass is 10.1. The molecule has 0 aromatic heterocycles. The number of nitrogens with one attached hydrogen (secondary N) is 2. The fourth-order valence-electron chi connectivity index (χ4n) is 1.51. The van der Waals surface area contributed by atoms with Crippen LogP contribution in [0.1, 0.15) is 19.8 Å². The number of rotatable bonds is 3. The molecule has 3 nitrogen and oxygen atoms in total. The van der Waals surface area contributed by atoms with E-state index in [4.69, 9.17) is 0 Å². The summed E-state index contributed by atoms with van der Waals surface area (Å²) in [5, 5.41) is 6.07. The second kappa shape index (κ2) is 5.60. The minimum absolute atomic E-state index is 0.159. The summed E-state index contributed by atoms with van der Waals surface area (Å²) < 4.78 is 0. The first-order valence-corrected chi connectivity index (χ1v) is 4.74. The van der Waals surface area contributed by atoms with Crippen molar-refractivity contribution in [1.29, 1.82) is 0 Å². The van der Waals surface area contributed by atoms with Gasteiger partial charge in [0.1, 0.15) is 0 Å². The minimum atomic E-state index is -0.159. The van der Waals surface area contributed by atoms with Gasteiger partial charge < -0.3 is 10.6 Å². The Bertz CT molecular complexity index is 221. The van der Waals surface area contributed by atoms with Crippen LogP contribution in [0.2, 0.25) is 0 Å². The zero-order valence-corrected chi connectivity index (χ0v) is 8.02. The second-order valence-corrected chi connectivity index (χ2v) is 3.28. The summed E-state index contributed by atoms with van der Waals surface area (Å²) in [5.74, 6) is 5.60. The van der Waals surface area contributed by atoms with Crippen molar-refractivity contribution >= 4 is 5.91 Å². The van der Waals surface area contributed by atoms with Gasteiger partial charge in [-0.2, -0.15) is 0 Å². The maximum atomic E-state index is 10.9. The molecule has 0 spiro atoms. The Morgan fingerprint density at radius 3 is 3.15 bits per heavy atom. The van der Waals surface area contributed by atoms with Crippen LogP contribution in [0.25, 0.3) is 0 Å². The van der Waals surface area contributed by atoms with Gasteiger partial charge in [-0.3, -0.25) is 4.79 Å². The van der Waals surface area contributed by atoms with Crippen LogP contribution in [0.5, 0.6) is 0 Å². The lowest BCUT2D eigenvalue weighted by Gasteiger charge is -2.06. The lowest BCUT2D eigenvalue weighted by molar-refractivity contribution is -0.115. The number of carbonyl (C=O) groups excluding carboxylic acids is 1. The fraction of sp³-hybridized carbons (Fsp3) is 0.700. The van der Waals surface area contributed by atoms with Gasteiger partial charge in [-0.1, -0.05) is 5.92 Å². The quantitative estimate of drug-likeness (QED) is 0.606. The molecular weight excluding hydrogens is 164 g/mol. The highest BCUT2D eigenvalue weighted by atomic mass is 16.1. The second-order valence-electron chi connectivity index (χ2n) is 3.28. The van der Waals surface area contributed by atoms with Gasteiger partial charge in [0.05, 0.1) is 0 Å². The van der Waals surface area contributed by atoms with Crippen molar-refractivity contribution in [3.05, 3.63) is 0 Å². The molecule has 1 amide bonds. The molecule has 1 unspecified atom stereocenters. The van der Waals surface area contributed by atoms with E-state index in [1.54, 1.807) is 6.92 Å². The summed E-state index contributed by atoms with van der Waals surface area (Å²) in [6.07, 6.45) is 2.29. The predicted molar refractivity (Wildman–Crippen MR) is 52.1 cm³/mol. The van der Waals surface area contributed by atoms with Crippen LogP contribution >= 0.6 is 0 Å². The summed E-state index contributed by atoms with van der Waals surface area (Å²) in [6.45, 7) is 4.63. The predicted octanol–water partition coefficient (Wildman–Crippen LogP) is 0.126. The summed E-state index contributed by atoms with van der Waals surface area (Å²) in [5.41, 5.74) is 0. The molecule has 0 saturated carbocycles. The molecule has 13 heavy (non-hydrogen) atoms. The highest BCUT2D eigenvalue weighted by Crippen LogP contribution is 2.10. The Labute approximate surface area is 79.3 Å². The van der Waals surface area contributed by atoms with E-state index in [1.165, 1.54) is 6.42 Å². The maximum absolute atomic E-state index is 10.9. The molecule has 0 aliphatic carbocycles. The molecule has 0 bridgehead atoms. The Balaban J connectivity index is 2.05. The molecule has 1 heterocycles. The molecule has 1 aliphatic heterocycles. The van der Waals surface area contributed by atoms with Crippen LogP contribution < -0.4 is 10.6 Å². The Morgan fingerprint density at radius 2 is 2.54 bits per heavy atom. The molecule has 0 aromatic rings. The van der Waals surface area contributed by atoms with E-state index in [1.807, 2.05) is 0 Å². The van der Waals surface area contributed by atoms with E-state index in [-0.39, 0.29) is 5.91 Å². The van der Waals surface area contributed by atoms with Crippen molar-refractivity contribution in [3.8, 4) is 11.8 Å². The molecule has 1 saturated heterocycles. The standard InChI is InChI=1S/C10H16N2O/c1-2-3-10(13)12-7-5-9-4-6-11-8-9/h9,11H,4-8H2,1H3,(H,12,13).